The fourth-order valence-corrected chi connectivity index (χ4v) is 0.492. The molecule has 0 saturated carbocycles. The number of aliphatic hydroxyl groups is 1. The molecule has 4 radical (unpaired) electrons. The third-order valence-corrected chi connectivity index (χ3v) is 0.905. The fourth-order valence-electron chi connectivity index (χ4n) is 0.492. The van der Waals surface area contributed by atoms with Crippen LogP contribution in [0.2, 0.25) is 0 Å². The van der Waals surface area contributed by atoms with E-state index in [9.17, 15) is 0 Å². The third kappa shape index (κ3) is 2.90. The second kappa shape index (κ2) is 4.87. The Kier molecular flexibility index (Phi) is 4.89. The molecule has 0 aliphatic heterocycles. The van der Waals surface area contributed by atoms with Gasteiger partial charge in [-0.2, -0.15) is 0 Å². The number of aliphatic hydroxyl groups excluding tert-OH is 1. The van der Waals surface area contributed by atoms with Crippen molar-refractivity contribution in [3.8, 4) is 0 Å². The van der Waals surface area contributed by atoms with E-state index < -0.39 is 0 Å². The molecule has 1 N–H and O–H groups in total. The summed E-state index contributed by atoms with van der Waals surface area (Å²) in [6, 6.07) is 3.62. The molecule has 0 aliphatic carbocycles. The number of rotatable bonds is 1. The Morgan fingerprint density at radius 2 is 2.33 bits per heavy atom. The molecule has 1 heterocycles. The Labute approximate surface area is 74.1 Å². The molecule has 0 spiro atoms. The minimum atomic E-state index is 0. The summed E-state index contributed by atoms with van der Waals surface area (Å²) in [6.07, 6.45) is 3.32. The smallest absolute Gasteiger partial charge is 0.0696 e. The van der Waals surface area contributed by atoms with Gasteiger partial charge in [0.05, 0.1) is 6.61 Å². The van der Waals surface area contributed by atoms with E-state index in [1.165, 1.54) is 0 Å². The van der Waals surface area contributed by atoms with Crippen molar-refractivity contribution in [1.29, 1.82) is 0 Å². The molecule has 0 bridgehead atoms. The van der Waals surface area contributed by atoms with Crippen LogP contribution in [0.25, 0.3) is 0 Å². The average Bonchev–Trinajstić information content (AvgIpc) is 1.90. The fraction of sp³-hybridized carbons (Fsp3) is 0.167. The van der Waals surface area contributed by atoms with Crippen molar-refractivity contribution in [1.82, 2.24) is 4.98 Å². The quantitative estimate of drug-likeness (QED) is 0.751. The Morgan fingerprint density at radius 3 is 2.67 bits per heavy atom. The minimum absolute atomic E-state index is 0. The van der Waals surface area contributed by atoms with Gasteiger partial charge in [0.25, 0.3) is 0 Å². The second-order valence-electron chi connectivity index (χ2n) is 1.52. The maximum absolute atomic E-state index is 8.50. The largest absolute Gasteiger partial charge is 0.392 e. The molecule has 1 aromatic heterocycles. The van der Waals surface area contributed by atoms with E-state index in [4.69, 9.17) is 5.11 Å². The molecule has 1 rings (SSSR count). The van der Waals surface area contributed by atoms with Gasteiger partial charge >= 0.3 is 0 Å². The van der Waals surface area contributed by atoms with Gasteiger partial charge in [-0.15, -0.1) is 0 Å². The van der Waals surface area contributed by atoms with Crippen molar-refractivity contribution in [2.75, 3.05) is 0 Å². The number of aromatic nitrogens is 1. The standard InChI is InChI=1S/C6H7NO.Pb/c8-5-6-2-1-3-7-4-6;/h1-4,8H,5H2;. The van der Waals surface area contributed by atoms with Crippen molar-refractivity contribution in [2.24, 2.45) is 0 Å². The first-order chi connectivity index (χ1) is 3.93. The van der Waals surface area contributed by atoms with Gasteiger partial charge in [-0.25, -0.2) is 0 Å². The van der Waals surface area contributed by atoms with Crippen molar-refractivity contribution < 1.29 is 5.11 Å². The molecule has 3 heteroatoms. The van der Waals surface area contributed by atoms with E-state index in [0.29, 0.717) is 0 Å². The van der Waals surface area contributed by atoms with Crippen molar-refractivity contribution in [2.45, 2.75) is 6.61 Å². The Bertz CT molecular complexity index is 154. The summed E-state index contributed by atoms with van der Waals surface area (Å²) in [6.45, 7) is 0.0772. The van der Waals surface area contributed by atoms with E-state index >= 15 is 0 Å². The van der Waals surface area contributed by atoms with Crippen LogP contribution in [-0.2, 0) is 6.61 Å². The molecule has 0 fully saturated rings. The van der Waals surface area contributed by atoms with Gasteiger partial charge in [0.2, 0.25) is 0 Å². The summed E-state index contributed by atoms with van der Waals surface area (Å²) >= 11 is 0. The van der Waals surface area contributed by atoms with Crippen LogP contribution in [0.3, 0.4) is 0 Å². The van der Waals surface area contributed by atoms with E-state index in [1.807, 2.05) is 6.07 Å². The molecular formula is C6H7NOPb. The maximum atomic E-state index is 8.50. The normalized spacial score (nSPS) is 8.11. The van der Waals surface area contributed by atoms with Crippen LogP contribution in [-0.4, -0.2) is 37.4 Å². The molecule has 46 valence electrons. The SMILES string of the molecule is OCc1cccnc1.[Pb]. The predicted molar refractivity (Wildman–Crippen MR) is 35.9 cm³/mol. The van der Waals surface area contributed by atoms with E-state index in [-0.39, 0.29) is 33.9 Å². The van der Waals surface area contributed by atoms with E-state index in [1.54, 1.807) is 18.5 Å². The molecule has 0 unspecified atom stereocenters. The molecule has 0 aromatic carbocycles. The molecule has 1 aromatic rings. The number of nitrogens with zero attached hydrogens (tertiary/aromatic N) is 1. The van der Waals surface area contributed by atoms with Crippen LogP contribution in [0, 0.1) is 0 Å². The first kappa shape index (κ1) is 9.03. The van der Waals surface area contributed by atoms with Crippen LogP contribution in [0.5, 0.6) is 0 Å². The van der Waals surface area contributed by atoms with E-state index in [0.717, 1.165) is 5.56 Å². The molecular weight excluding hydrogens is 309 g/mol. The summed E-state index contributed by atoms with van der Waals surface area (Å²) in [4.78, 5) is 3.80. The van der Waals surface area contributed by atoms with Crippen molar-refractivity contribution in [3.63, 3.8) is 0 Å². The Hall–Kier alpha value is 0.0321. The summed E-state index contributed by atoms with van der Waals surface area (Å²) in [5.74, 6) is 0. The zero-order valence-electron chi connectivity index (χ0n) is 4.91. The Morgan fingerprint density at radius 1 is 1.56 bits per heavy atom. The van der Waals surface area contributed by atoms with Gasteiger partial charge < -0.3 is 5.11 Å². The Balaban J connectivity index is 0.000000640. The first-order valence-corrected chi connectivity index (χ1v) is 2.43. The summed E-state index contributed by atoms with van der Waals surface area (Å²) < 4.78 is 0. The van der Waals surface area contributed by atoms with Gasteiger partial charge in [-0.1, -0.05) is 6.07 Å². The topological polar surface area (TPSA) is 33.1 Å². The molecule has 2 nitrogen and oxygen atoms in total. The van der Waals surface area contributed by atoms with Gasteiger partial charge in [-0.3, -0.25) is 4.98 Å². The van der Waals surface area contributed by atoms with Gasteiger partial charge in [-0.05, 0) is 11.6 Å². The third-order valence-electron chi connectivity index (χ3n) is 0.905. The zero-order chi connectivity index (χ0) is 5.82. The van der Waals surface area contributed by atoms with E-state index in [2.05, 4.69) is 4.98 Å². The maximum Gasteiger partial charge on any atom is 0.0696 e. The van der Waals surface area contributed by atoms with Crippen LogP contribution >= 0.6 is 0 Å². The molecule has 9 heavy (non-hydrogen) atoms. The number of hydrogen-bond acceptors (Lipinski definition) is 2. The van der Waals surface area contributed by atoms with Crippen LogP contribution in [0.1, 0.15) is 5.56 Å². The van der Waals surface area contributed by atoms with Crippen molar-refractivity contribution >= 4 is 27.3 Å². The van der Waals surface area contributed by atoms with Crippen LogP contribution in [0.4, 0.5) is 0 Å². The average molecular weight is 316 g/mol. The molecule has 0 saturated heterocycles. The summed E-state index contributed by atoms with van der Waals surface area (Å²) in [7, 11) is 0. The minimum Gasteiger partial charge on any atom is -0.392 e. The van der Waals surface area contributed by atoms with Gasteiger partial charge in [0.15, 0.2) is 0 Å². The number of hydrogen-bond donors (Lipinski definition) is 1. The second-order valence-corrected chi connectivity index (χ2v) is 1.52. The molecule has 0 atom stereocenters. The molecule has 0 amide bonds. The summed E-state index contributed by atoms with van der Waals surface area (Å²) in [5, 5.41) is 8.50. The summed E-state index contributed by atoms with van der Waals surface area (Å²) in [5.41, 5.74) is 0.854. The van der Waals surface area contributed by atoms with Crippen LogP contribution < -0.4 is 0 Å². The predicted octanol–water partition coefficient (Wildman–Crippen LogP) is 0.193. The number of pyridine rings is 1. The van der Waals surface area contributed by atoms with Gasteiger partial charge in [0, 0.05) is 39.7 Å². The van der Waals surface area contributed by atoms with Gasteiger partial charge in [0.1, 0.15) is 0 Å². The monoisotopic (exact) mass is 317 g/mol. The zero-order valence-corrected chi connectivity index (χ0v) is 8.80. The van der Waals surface area contributed by atoms with Crippen molar-refractivity contribution in [3.05, 3.63) is 30.1 Å². The molecule has 0 aliphatic rings. The van der Waals surface area contributed by atoms with Crippen LogP contribution in [0.15, 0.2) is 24.5 Å². The first-order valence-electron chi connectivity index (χ1n) is 2.43.